The molecule has 2 N–H and O–H groups in total. The molecule has 1 atom stereocenters. The lowest BCUT2D eigenvalue weighted by Gasteiger charge is -2.16. The summed E-state index contributed by atoms with van der Waals surface area (Å²) >= 11 is 0. The molecule has 0 fully saturated rings. The number of carbonyl (C=O) groups excluding carboxylic acids is 1. The van der Waals surface area contributed by atoms with Crippen molar-refractivity contribution in [2.45, 2.75) is 12.2 Å². The number of carboxylic acid groups (broad SMARTS) is 1. The van der Waals surface area contributed by atoms with Gasteiger partial charge in [-0.25, -0.2) is 13.6 Å². The second-order valence-corrected chi connectivity index (χ2v) is 3.75. The maximum absolute atomic E-state index is 13.2. The lowest BCUT2D eigenvalue weighted by molar-refractivity contribution is -0.175. The molecule has 1 rings (SSSR count). The molecule has 0 heterocycles. The monoisotopic (exact) mass is 313 g/mol. The maximum Gasteiger partial charge on any atom is 0.471 e. The lowest BCUT2D eigenvalue weighted by Crippen LogP contribution is -2.49. The van der Waals surface area contributed by atoms with E-state index in [0.717, 1.165) is 12.1 Å². The van der Waals surface area contributed by atoms with Gasteiger partial charge in [0.2, 0.25) is 0 Å². The normalized spacial score (nSPS) is 12.6. The molecule has 0 bridgehead atoms. The number of carboxylic acids is 1. The molecular weight excluding hydrogens is 305 g/mol. The summed E-state index contributed by atoms with van der Waals surface area (Å²) in [4.78, 5) is 21.3. The fraction of sp³-hybridized carbons (Fsp3) is 0.273. The SMILES string of the molecule is O=C(O)[C@@H](COc1ccc(F)cc1F)NC(=O)C(F)(F)F. The van der Waals surface area contributed by atoms with Crippen LogP contribution in [-0.2, 0) is 9.59 Å². The van der Waals surface area contributed by atoms with Gasteiger partial charge in [-0.3, -0.25) is 4.79 Å². The Morgan fingerprint density at radius 3 is 2.38 bits per heavy atom. The second kappa shape index (κ2) is 6.37. The van der Waals surface area contributed by atoms with Gasteiger partial charge >= 0.3 is 18.1 Å². The molecular formula is C11H8F5NO4. The van der Waals surface area contributed by atoms with Crippen LogP contribution >= 0.6 is 0 Å². The van der Waals surface area contributed by atoms with Crippen LogP contribution in [-0.4, -0.2) is 35.8 Å². The van der Waals surface area contributed by atoms with Gasteiger partial charge in [-0.05, 0) is 12.1 Å². The van der Waals surface area contributed by atoms with Gasteiger partial charge in [0, 0.05) is 6.07 Å². The Hall–Kier alpha value is -2.39. The number of alkyl halides is 3. The van der Waals surface area contributed by atoms with Crippen molar-refractivity contribution in [2.24, 2.45) is 0 Å². The van der Waals surface area contributed by atoms with Crippen LogP contribution in [0.1, 0.15) is 0 Å². The van der Waals surface area contributed by atoms with E-state index in [9.17, 15) is 31.5 Å². The quantitative estimate of drug-likeness (QED) is 0.807. The van der Waals surface area contributed by atoms with E-state index >= 15 is 0 Å². The highest BCUT2D eigenvalue weighted by Gasteiger charge is 2.41. The van der Waals surface area contributed by atoms with Crippen LogP contribution < -0.4 is 10.1 Å². The van der Waals surface area contributed by atoms with Crippen LogP contribution in [0.2, 0.25) is 0 Å². The number of ether oxygens (including phenoxy) is 1. The predicted octanol–water partition coefficient (Wildman–Crippen LogP) is 1.48. The fourth-order valence-corrected chi connectivity index (χ4v) is 1.18. The molecule has 0 aromatic heterocycles. The molecule has 0 saturated heterocycles. The highest BCUT2D eigenvalue weighted by molar-refractivity contribution is 5.87. The Bertz CT molecular complexity index is 546. The number of nitrogens with one attached hydrogen (secondary N) is 1. The van der Waals surface area contributed by atoms with Crippen LogP contribution in [0.3, 0.4) is 0 Å². The molecule has 0 aliphatic carbocycles. The fourth-order valence-electron chi connectivity index (χ4n) is 1.18. The van der Waals surface area contributed by atoms with Crippen LogP contribution in [0, 0.1) is 11.6 Å². The van der Waals surface area contributed by atoms with Gasteiger partial charge in [0.15, 0.2) is 17.6 Å². The van der Waals surface area contributed by atoms with E-state index in [-0.39, 0.29) is 0 Å². The summed E-state index contributed by atoms with van der Waals surface area (Å²) in [5.41, 5.74) is 0. The Kier molecular flexibility index (Phi) is 5.06. The van der Waals surface area contributed by atoms with Crippen LogP contribution in [0.4, 0.5) is 22.0 Å². The molecule has 1 amide bonds. The van der Waals surface area contributed by atoms with Gasteiger partial charge < -0.3 is 15.2 Å². The molecule has 0 radical (unpaired) electrons. The summed E-state index contributed by atoms with van der Waals surface area (Å²) in [5.74, 6) is -6.93. The van der Waals surface area contributed by atoms with E-state index in [1.807, 2.05) is 0 Å². The van der Waals surface area contributed by atoms with Crippen molar-refractivity contribution in [2.75, 3.05) is 6.61 Å². The zero-order valence-corrected chi connectivity index (χ0v) is 10.1. The van der Waals surface area contributed by atoms with Crippen molar-refractivity contribution in [3.8, 4) is 5.75 Å². The van der Waals surface area contributed by atoms with Crippen LogP contribution in [0.25, 0.3) is 0 Å². The van der Waals surface area contributed by atoms with E-state index < -0.39 is 48.1 Å². The van der Waals surface area contributed by atoms with Crippen molar-refractivity contribution < 1.29 is 41.4 Å². The average molecular weight is 313 g/mol. The van der Waals surface area contributed by atoms with Crippen molar-refractivity contribution in [1.82, 2.24) is 5.32 Å². The van der Waals surface area contributed by atoms with Gasteiger partial charge in [0.1, 0.15) is 12.4 Å². The van der Waals surface area contributed by atoms with Crippen molar-refractivity contribution in [1.29, 1.82) is 0 Å². The molecule has 1 aromatic rings. The molecule has 5 nitrogen and oxygen atoms in total. The van der Waals surface area contributed by atoms with Gasteiger partial charge in [0.05, 0.1) is 0 Å². The molecule has 0 aliphatic rings. The Morgan fingerprint density at radius 2 is 1.90 bits per heavy atom. The van der Waals surface area contributed by atoms with E-state index in [0.29, 0.717) is 6.07 Å². The number of benzene rings is 1. The van der Waals surface area contributed by atoms with Crippen molar-refractivity contribution in [3.63, 3.8) is 0 Å². The third kappa shape index (κ3) is 4.89. The molecule has 10 heteroatoms. The van der Waals surface area contributed by atoms with Crippen LogP contribution in [0.15, 0.2) is 18.2 Å². The highest BCUT2D eigenvalue weighted by Crippen LogP contribution is 2.18. The van der Waals surface area contributed by atoms with Crippen LogP contribution in [0.5, 0.6) is 5.75 Å². The molecule has 0 unspecified atom stereocenters. The zero-order valence-electron chi connectivity index (χ0n) is 10.1. The summed E-state index contributed by atoms with van der Waals surface area (Å²) in [6.45, 7) is -0.973. The summed E-state index contributed by atoms with van der Waals surface area (Å²) in [6.07, 6.45) is -5.27. The van der Waals surface area contributed by atoms with E-state index in [4.69, 9.17) is 5.11 Å². The molecule has 116 valence electrons. The van der Waals surface area contributed by atoms with Gasteiger partial charge in [-0.15, -0.1) is 0 Å². The van der Waals surface area contributed by atoms with Gasteiger partial charge in [0.25, 0.3) is 0 Å². The first-order valence-electron chi connectivity index (χ1n) is 5.29. The third-order valence-corrected chi connectivity index (χ3v) is 2.16. The number of halogens is 5. The Balaban J connectivity index is 2.72. The molecule has 1 aromatic carbocycles. The first-order chi connectivity index (χ1) is 9.61. The zero-order chi connectivity index (χ0) is 16.2. The molecule has 0 saturated carbocycles. The predicted molar refractivity (Wildman–Crippen MR) is 57.5 cm³/mol. The minimum atomic E-state index is -5.27. The average Bonchev–Trinajstić information content (AvgIpc) is 2.34. The standard InChI is InChI=1S/C11H8F5NO4/c12-5-1-2-8(6(13)3-5)21-4-7(9(18)19)17-10(20)11(14,15)16/h1-3,7H,4H2,(H,17,20)(H,18,19)/t7-/m1/s1. The smallest absolute Gasteiger partial charge is 0.471 e. The molecule has 0 spiro atoms. The first kappa shape index (κ1) is 16.7. The van der Waals surface area contributed by atoms with Crippen molar-refractivity contribution >= 4 is 11.9 Å². The maximum atomic E-state index is 13.2. The number of amides is 1. The first-order valence-corrected chi connectivity index (χ1v) is 5.29. The number of aliphatic carboxylic acids is 1. The van der Waals surface area contributed by atoms with E-state index in [2.05, 4.69) is 4.74 Å². The number of hydrogen-bond acceptors (Lipinski definition) is 3. The van der Waals surface area contributed by atoms with Gasteiger partial charge in [-0.1, -0.05) is 0 Å². The minimum Gasteiger partial charge on any atom is -0.488 e. The Morgan fingerprint density at radius 1 is 1.29 bits per heavy atom. The van der Waals surface area contributed by atoms with Gasteiger partial charge in [-0.2, -0.15) is 13.2 Å². The second-order valence-electron chi connectivity index (χ2n) is 3.75. The summed E-state index contributed by atoms with van der Waals surface area (Å²) in [7, 11) is 0. The summed E-state index contributed by atoms with van der Waals surface area (Å²) in [6, 6.07) is 0.0282. The summed E-state index contributed by atoms with van der Waals surface area (Å²) in [5, 5.41) is 9.84. The highest BCUT2D eigenvalue weighted by atomic mass is 19.4. The molecule has 21 heavy (non-hydrogen) atoms. The van der Waals surface area contributed by atoms with Crippen molar-refractivity contribution in [3.05, 3.63) is 29.8 Å². The van der Waals surface area contributed by atoms with E-state index in [1.54, 1.807) is 0 Å². The minimum absolute atomic E-state index is 0.444. The third-order valence-electron chi connectivity index (χ3n) is 2.16. The lowest BCUT2D eigenvalue weighted by atomic mass is 10.3. The Labute approximate surface area is 114 Å². The number of hydrogen-bond donors (Lipinski definition) is 2. The molecule has 0 aliphatic heterocycles. The summed E-state index contributed by atoms with van der Waals surface area (Å²) < 4.78 is 66.4. The topological polar surface area (TPSA) is 75.6 Å². The van der Waals surface area contributed by atoms with E-state index in [1.165, 1.54) is 5.32 Å². The largest absolute Gasteiger partial charge is 0.488 e. The number of rotatable bonds is 5. The number of carbonyl (C=O) groups is 2.